The lowest BCUT2D eigenvalue weighted by Crippen LogP contribution is -2.09. The molecular formula is C26H24FNO4. The molecule has 0 atom stereocenters. The third-order valence-corrected chi connectivity index (χ3v) is 5.14. The van der Waals surface area contributed by atoms with Gasteiger partial charge in [0.05, 0.1) is 19.3 Å². The first-order valence-electron chi connectivity index (χ1n) is 10.4. The Morgan fingerprint density at radius 1 is 1.06 bits per heavy atom. The van der Waals surface area contributed by atoms with Crippen LogP contribution in [-0.2, 0) is 29.1 Å². The van der Waals surface area contributed by atoms with Gasteiger partial charge in [0.1, 0.15) is 23.8 Å². The maximum Gasteiger partial charge on any atom is 0.310 e. The molecule has 0 bridgehead atoms. The van der Waals surface area contributed by atoms with E-state index in [0.717, 1.165) is 33.2 Å². The summed E-state index contributed by atoms with van der Waals surface area (Å²) >= 11 is 0. The first-order chi connectivity index (χ1) is 15.6. The molecular weight excluding hydrogens is 409 g/mol. The minimum absolute atomic E-state index is 0.0567. The largest absolute Gasteiger partial charge is 0.489 e. The van der Waals surface area contributed by atoms with Crippen LogP contribution < -0.4 is 10.5 Å². The van der Waals surface area contributed by atoms with E-state index in [4.69, 9.17) is 19.6 Å². The number of hydrogen-bond donors (Lipinski definition) is 1. The first kappa shape index (κ1) is 21.6. The summed E-state index contributed by atoms with van der Waals surface area (Å²) in [4.78, 5) is 11.9. The number of ether oxygens (including phenoxy) is 2. The van der Waals surface area contributed by atoms with E-state index < -0.39 is 11.8 Å². The number of esters is 1. The molecule has 3 aromatic carbocycles. The van der Waals surface area contributed by atoms with E-state index >= 15 is 0 Å². The van der Waals surface area contributed by atoms with Gasteiger partial charge in [-0.15, -0.1) is 0 Å². The Hall–Kier alpha value is -3.64. The molecule has 0 aliphatic heterocycles. The summed E-state index contributed by atoms with van der Waals surface area (Å²) in [5.74, 6) is -0.415. The molecule has 0 unspecified atom stereocenters. The number of nitrogens with two attached hydrogens (primary N) is 1. The van der Waals surface area contributed by atoms with Crippen LogP contribution in [0.2, 0.25) is 0 Å². The average Bonchev–Trinajstić information content (AvgIpc) is 3.27. The van der Waals surface area contributed by atoms with Crippen molar-refractivity contribution >= 4 is 16.9 Å². The Kier molecular flexibility index (Phi) is 6.52. The fourth-order valence-electron chi connectivity index (χ4n) is 3.66. The Bertz CT molecular complexity index is 1250. The van der Waals surface area contributed by atoms with Crippen molar-refractivity contribution in [3.05, 3.63) is 89.4 Å². The zero-order chi connectivity index (χ0) is 22.5. The van der Waals surface area contributed by atoms with Crippen LogP contribution in [0, 0.1) is 5.82 Å². The molecule has 1 aromatic heterocycles. The molecule has 0 fully saturated rings. The molecule has 4 rings (SSSR count). The molecule has 5 nitrogen and oxygen atoms in total. The highest BCUT2D eigenvalue weighted by atomic mass is 19.1. The molecule has 164 valence electrons. The van der Waals surface area contributed by atoms with Crippen molar-refractivity contribution in [1.82, 2.24) is 0 Å². The SMILES string of the molecule is CCOC(=O)Cc1cc(F)ccc1OCc1cc(-c2cccc(CN)c2)c2occc2c1. The van der Waals surface area contributed by atoms with Crippen LogP contribution in [0.15, 0.2) is 71.3 Å². The van der Waals surface area contributed by atoms with E-state index in [1.54, 1.807) is 13.2 Å². The third-order valence-electron chi connectivity index (χ3n) is 5.14. The number of halogens is 1. The minimum Gasteiger partial charge on any atom is -0.489 e. The number of fused-ring (bicyclic) bond motifs is 1. The van der Waals surface area contributed by atoms with E-state index in [-0.39, 0.29) is 19.6 Å². The van der Waals surface area contributed by atoms with Gasteiger partial charge < -0.3 is 19.6 Å². The molecule has 0 spiro atoms. The van der Waals surface area contributed by atoms with Gasteiger partial charge in [-0.25, -0.2) is 4.39 Å². The molecule has 6 heteroatoms. The van der Waals surface area contributed by atoms with Gasteiger partial charge in [0.2, 0.25) is 0 Å². The van der Waals surface area contributed by atoms with E-state index in [1.807, 2.05) is 42.5 Å². The Labute approximate surface area is 185 Å². The Morgan fingerprint density at radius 3 is 2.75 bits per heavy atom. The highest BCUT2D eigenvalue weighted by Crippen LogP contribution is 2.32. The molecule has 0 radical (unpaired) electrons. The van der Waals surface area contributed by atoms with Crippen molar-refractivity contribution < 1.29 is 23.1 Å². The highest BCUT2D eigenvalue weighted by Gasteiger charge is 2.14. The van der Waals surface area contributed by atoms with Crippen molar-refractivity contribution in [3.8, 4) is 16.9 Å². The monoisotopic (exact) mass is 433 g/mol. The highest BCUT2D eigenvalue weighted by molar-refractivity contribution is 5.93. The van der Waals surface area contributed by atoms with E-state index in [9.17, 15) is 9.18 Å². The van der Waals surface area contributed by atoms with E-state index in [2.05, 4.69) is 0 Å². The van der Waals surface area contributed by atoms with Gasteiger partial charge in [-0.3, -0.25) is 4.79 Å². The topological polar surface area (TPSA) is 74.7 Å². The quantitative estimate of drug-likeness (QED) is 0.378. The van der Waals surface area contributed by atoms with Crippen molar-refractivity contribution in [2.75, 3.05) is 6.61 Å². The number of rotatable bonds is 8. The third kappa shape index (κ3) is 4.81. The predicted molar refractivity (Wildman–Crippen MR) is 121 cm³/mol. The van der Waals surface area contributed by atoms with E-state index in [0.29, 0.717) is 17.9 Å². The number of benzene rings is 3. The predicted octanol–water partition coefficient (Wildman–Crippen LogP) is 5.38. The molecule has 32 heavy (non-hydrogen) atoms. The van der Waals surface area contributed by atoms with Crippen molar-refractivity contribution in [3.63, 3.8) is 0 Å². The fourth-order valence-corrected chi connectivity index (χ4v) is 3.66. The van der Waals surface area contributed by atoms with Crippen molar-refractivity contribution in [2.45, 2.75) is 26.5 Å². The van der Waals surface area contributed by atoms with Gasteiger partial charge in [0.15, 0.2) is 0 Å². The van der Waals surface area contributed by atoms with Crippen LogP contribution in [0.3, 0.4) is 0 Å². The molecule has 0 amide bonds. The van der Waals surface area contributed by atoms with Gasteiger partial charge in [-0.1, -0.05) is 18.2 Å². The smallest absolute Gasteiger partial charge is 0.310 e. The van der Waals surface area contributed by atoms with Crippen LogP contribution >= 0.6 is 0 Å². The minimum atomic E-state index is -0.432. The zero-order valence-corrected chi connectivity index (χ0v) is 17.8. The van der Waals surface area contributed by atoms with Gasteiger partial charge in [0.25, 0.3) is 0 Å². The average molecular weight is 433 g/mol. The first-order valence-corrected chi connectivity index (χ1v) is 10.4. The zero-order valence-electron chi connectivity index (χ0n) is 17.8. The van der Waals surface area contributed by atoms with Gasteiger partial charge in [0, 0.05) is 23.1 Å². The molecule has 4 aromatic rings. The fraction of sp³-hybridized carbons (Fsp3) is 0.192. The normalized spacial score (nSPS) is 11.0. The summed E-state index contributed by atoms with van der Waals surface area (Å²) in [6.45, 7) is 2.69. The van der Waals surface area contributed by atoms with Crippen molar-refractivity contribution in [2.24, 2.45) is 5.73 Å². The van der Waals surface area contributed by atoms with Crippen molar-refractivity contribution in [1.29, 1.82) is 0 Å². The summed E-state index contributed by atoms with van der Waals surface area (Å²) < 4.78 is 30.5. The maximum absolute atomic E-state index is 13.8. The second-order valence-corrected chi connectivity index (χ2v) is 7.41. The second-order valence-electron chi connectivity index (χ2n) is 7.41. The summed E-state index contributed by atoms with van der Waals surface area (Å²) in [5, 5.41) is 0.949. The van der Waals surface area contributed by atoms with Gasteiger partial charge >= 0.3 is 5.97 Å². The van der Waals surface area contributed by atoms with Gasteiger partial charge in [-0.2, -0.15) is 0 Å². The van der Waals surface area contributed by atoms with Crippen LogP contribution in [-0.4, -0.2) is 12.6 Å². The van der Waals surface area contributed by atoms with Crippen LogP contribution in [0.1, 0.15) is 23.6 Å². The lowest BCUT2D eigenvalue weighted by atomic mass is 9.99. The lowest BCUT2D eigenvalue weighted by Gasteiger charge is -2.13. The Morgan fingerprint density at radius 2 is 1.94 bits per heavy atom. The standard InChI is InChI=1S/C26H24FNO4/c1-2-30-25(29)14-21-13-22(27)6-7-24(21)32-16-18-11-20-8-9-31-26(20)23(12-18)19-5-3-4-17(10-19)15-28/h3-13H,2,14-16,28H2,1H3. The molecule has 0 aliphatic rings. The summed E-state index contributed by atoms with van der Waals surface area (Å²) in [7, 11) is 0. The summed E-state index contributed by atoms with van der Waals surface area (Å²) in [6, 6.07) is 18.1. The second kappa shape index (κ2) is 9.66. The van der Waals surface area contributed by atoms with Crippen LogP contribution in [0.5, 0.6) is 5.75 Å². The van der Waals surface area contributed by atoms with Gasteiger partial charge in [-0.05, 0) is 66.1 Å². The molecule has 2 N–H and O–H groups in total. The molecule has 0 saturated heterocycles. The van der Waals surface area contributed by atoms with Crippen LogP contribution in [0.4, 0.5) is 4.39 Å². The molecule has 1 heterocycles. The number of carbonyl (C=O) groups is 1. The Balaban J connectivity index is 1.63. The molecule has 0 saturated carbocycles. The lowest BCUT2D eigenvalue weighted by molar-refractivity contribution is -0.142. The van der Waals surface area contributed by atoms with Crippen LogP contribution in [0.25, 0.3) is 22.1 Å². The summed E-state index contributed by atoms with van der Waals surface area (Å²) in [6.07, 6.45) is 1.60. The number of furan rings is 1. The maximum atomic E-state index is 13.8. The number of carbonyl (C=O) groups excluding carboxylic acids is 1. The molecule has 0 aliphatic carbocycles. The van der Waals surface area contributed by atoms with E-state index in [1.165, 1.54) is 18.2 Å². The summed E-state index contributed by atoms with van der Waals surface area (Å²) in [5.41, 5.74) is 10.9. The number of hydrogen-bond acceptors (Lipinski definition) is 5.